The average Bonchev–Trinajstić information content (AvgIpc) is 3.03. The minimum atomic E-state index is -0.812. The van der Waals surface area contributed by atoms with Crippen molar-refractivity contribution in [2.45, 2.75) is 31.1 Å². The number of carbonyl (C=O) groups excluding carboxylic acids is 1. The molecule has 1 aliphatic heterocycles. The topological polar surface area (TPSA) is 58.6 Å². The van der Waals surface area contributed by atoms with Gasteiger partial charge in [0.25, 0.3) is 0 Å². The van der Waals surface area contributed by atoms with Crippen molar-refractivity contribution in [3.8, 4) is 0 Å². The highest BCUT2D eigenvalue weighted by Crippen LogP contribution is 2.36. The lowest BCUT2D eigenvalue weighted by atomic mass is 9.82. The van der Waals surface area contributed by atoms with Crippen molar-refractivity contribution in [2.24, 2.45) is 5.92 Å². The number of cyclic esters (lactones) is 1. The van der Waals surface area contributed by atoms with E-state index in [1.807, 2.05) is 78.9 Å². The number of ether oxygens (including phenoxy) is 1. The third kappa shape index (κ3) is 4.49. The Morgan fingerprint density at radius 2 is 1.72 bits per heavy atom. The monoisotopic (exact) mass is 387 g/mol. The first-order chi connectivity index (χ1) is 14.2. The normalized spacial score (nSPS) is 24.9. The van der Waals surface area contributed by atoms with Crippen LogP contribution in [0.25, 0.3) is 0 Å². The Bertz CT molecular complexity index is 918. The molecule has 4 nitrogen and oxygen atoms in total. The van der Waals surface area contributed by atoms with Gasteiger partial charge >= 0.3 is 5.97 Å². The van der Waals surface area contributed by atoms with E-state index in [2.05, 4.69) is 17.5 Å². The minimum absolute atomic E-state index is 0.377. The van der Waals surface area contributed by atoms with Gasteiger partial charge < -0.3 is 15.2 Å². The smallest absolute Gasteiger partial charge is 0.314 e. The second-order valence-corrected chi connectivity index (χ2v) is 7.38. The number of carbonyl (C=O) groups is 1. The van der Waals surface area contributed by atoms with Crippen LogP contribution in [0.2, 0.25) is 0 Å². The zero-order valence-electron chi connectivity index (χ0n) is 16.1. The number of anilines is 1. The number of nitrogens with one attached hydrogen (secondary N) is 1. The Hall–Kier alpha value is -3.11. The first kappa shape index (κ1) is 19.2. The number of benzene rings is 2. The zero-order chi connectivity index (χ0) is 20.1. The fourth-order valence-corrected chi connectivity index (χ4v) is 3.94. The quantitative estimate of drug-likeness (QED) is 0.738. The standard InChI is InChI=1S/C25H25NO3/c27-21-17-22(18-11-7-3-8-12-18)29-25(28)23(21)24(19-13-5-1-2-6-14-19)26-20-15-9-4-10-16-20/h1-5,7-16,21-24,26-27H,6,17H2/t21-,22-,23+,24+/m0/s1. The van der Waals surface area contributed by atoms with Gasteiger partial charge in [0.2, 0.25) is 0 Å². The molecule has 0 amide bonds. The highest BCUT2D eigenvalue weighted by Gasteiger charge is 2.43. The number of rotatable bonds is 5. The van der Waals surface area contributed by atoms with E-state index in [0.29, 0.717) is 6.42 Å². The summed E-state index contributed by atoms with van der Waals surface area (Å²) >= 11 is 0. The molecule has 29 heavy (non-hydrogen) atoms. The molecule has 4 atom stereocenters. The maximum Gasteiger partial charge on any atom is 0.314 e. The van der Waals surface area contributed by atoms with Crippen LogP contribution in [0.5, 0.6) is 0 Å². The summed E-state index contributed by atoms with van der Waals surface area (Å²) in [6, 6.07) is 19.0. The Morgan fingerprint density at radius 3 is 2.45 bits per heavy atom. The van der Waals surface area contributed by atoms with Crippen LogP contribution in [0.1, 0.15) is 24.5 Å². The SMILES string of the molecule is O=C1O[C@H](c2ccccc2)C[C@H](O)[C@@H]1[C@H](Nc1ccccc1)C1=CCC=CC=C1. The van der Waals surface area contributed by atoms with Crippen molar-refractivity contribution >= 4 is 11.7 Å². The second kappa shape index (κ2) is 8.93. The molecular formula is C25H25NO3. The molecule has 0 spiro atoms. The predicted octanol–water partition coefficient (Wildman–Crippen LogP) is 4.57. The number of aliphatic hydroxyl groups excluding tert-OH is 1. The van der Waals surface area contributed by atoms with Crippen molar-refractivity contribution in [3.05, 3.63) is 102 Å². The molecule has 0 saturated carbocycles. The molecule has 0 radical (unpaired) electrons. The third-order valence-corrected chi connectivity index (χ3v) is 5.41. The Kier molecular flexibility index (Phi) is 5.92. The average molecular weight is 387 g/mol. The summed E-state index contributed by atoms with van der Waals surface area (Å²) in [7, 11) is 0. The predicted molar refractivity (Wildman–Crippen MR) is 114 cm³/mol. The number of aliphatic hydroxyl groups is 1. The van der Waals surface area contributed by atoms with Crippen molar-refractivity contribution < 1.29 is 14.6 Å². The van der Waals surface area contributed by atoms with E-state index in [9.17, 15) is 9.90 Å². The lowest BCUT2D eigenvalue weighted by Gasteiger charge is -2.37. The number of allylic oxidation sites excluding steroid dienone is 4. The Balaban J connectivity index is 1.61. The summed E-state index contributed by atoms with van der Waals surface area (Å²) in [5.74, 6) is -1.07. The molecule has 1 saturated heterocycles. The van der Waals surface area contributed by atoms with Gasteiger partial charge in [-0.05, 0) is 29.7 Å². The number of hydrogen-bond donors (Lipinski definition) is 2. The Morgan fingerprint density at radius 1 is 1.00 bits per heavy atom. The van der Waals surface area contributed by atoms with Crippen molar-refractivity contribution in [1.29, 1.82) is 0 Å². The van der Waals surface area contributed by atoms with Crippen molar-refractivity contribution in [3.63, 3.8) is 0 Å². The molecule has 1 aliphatic carbocycles. The molecule has 2 aromatic rings. The molecule has 0 aromatic heterocycles. The summed E-state index contributed by atoms with van der Waals surface area (Å²) < 4.78 is 5.79. The summed E-state index contributed by atoms with van der Waals surface area (Å²) in [4.78, 5) is 13.1. The summed E-state index contributed by atoms with van der Waals surface area (Å²) in [6.45, 7) is 0. The molecule has 1 heterocycles. The van der Waals surface area contributed by atoms with Gasteiger partial charge in [-0.2, -0.15) is 0 Å². The molecule has 1 fully saturated rings. The summed E-state index contributed by atoms with van der Waals surface area (Å²) in [5.41, 5.74) is 2.77. The van der Waals surface area contributed by atoms with Crippen LogP contribution in [-0.4, -0.2) is 23.2 Å². The number of esters is 1. The van der Waals surface area contributed by atoms with Crippen LogP contribution in [0.3, 0.4) is 0 Å². The molecule has 0 bridgehead atoms. The van der Waals surface area contributed by atoms with Gasteiger partial charge in [-0.25, -0.2) is 0 Å². The fraction of sp³-hybridized carbons (Fsp3) is 0.240. The Labute approximate surface area is 171 Å². The van der Waals surface area contributed by atoms with Gasteiger partial charge in [0.1, 0.15) is 12.0 Å². The van der Waals surface area contributed by atoms with Crippen LogP contribution in [0, 0.1) is 5.92 Å². The van der Waals surface area contributed by atoms with Gasteiger partial charge in [-0.15, -0.1) is 0 Å². The van der Waals surface area contributed by atoms with Gasteiger partial charge in [-0.1, -0.05) is 78.9 Å². The van der Waals surface area contributed by atoms with Gasteiger partial charge in [0.15, 0.2) is 0 Å². The van der Waals surface area contributed by atoms with Crippen molar-refractivity contribution in [1.82, 2.24) is 0 Å². The van der Waals surface area contributed by atoms with Crippen LogP contribution < -0.4 is 5.32 Å². The minimum Gasteiger partial charge on any atom is -0.457 e. The molecule has 4 rings (SSSR count). The van der Waals surface area contributed by atoms with Gasteiger partial charge in [0.05, 0.1) is 12.1 Å². The third-order valence-electron chi connectivity index (χ3n) is 5.41. The lowest BCUT2D eigenvalue weighted by Crippen LogP contribution is -2.48. The van der Waals surface area contributed by atoms with Gasteiger partial charge in [-0.3, -0.25) is 4.79 Å². The number of hydrogen-bond acceptors (Lipinski definition) is 4. The highest BCUT2D eigenvalue weighted by atomic mass is 16.5. The second-order valence-electron chi connectivity index (χ2n) is 7.38. The fourth-order valence-electron chi connectivity index (χ4n) is 3.94. The number of para-hydroxylation sites is 1. The van der Waals surface area contributed by atoms with E-state index >= 15 is 0 Å². The van der Waals surface area contributed by atoms with E-state index in [0.717, 1.165) is 23.2 Å². The van der Waals surface area contributed by atoms with E-state index in [1.54, 1.807) is 0 Å². The van der Waals surface area contributed by atoms with E-state index in [4.69, 9.17) is 4.74 Å². The molecular weight excluding hydrogens is 362 g/mol. The summed E-state index contributed by atoms with van der Waals surface area (Å²) in [6.07, 6.45) is 10.0. The zero-order valence-corrected chi connectivity index (χ0v) is 16.1. The maximum absolute atomic E-state index is 13.1. The maximum atomic E-state index is 13.1. The highest BCUT2D eigenvalue weighted by molar-refractivity contribution is 5.77. The largest absolute Gasteiger partial charge is 0.457 e. The molecule has 0 unspecified atom stereocenters. The van der Waals surface area contributed by atoms with Gasteiger partial charge in [0, 0.05) is 12.1 Å². The lowest BCUT2D eigenvalue weighted by molar-refractivity contribution is -0.170. The van der Waals surface area contributed by atoms with Crippen LogP contribution >= 0.6 is 0 Å². The molecule has 2 aromatic carbocycles. The molecule has 4 heteroatoms. The van der Waals surface area contributed by atoms with E-state index < -0.39 is 18.1 Å². The first-order valence-corrected chi connectivity index (χ1v) is 10.0. The molecule has 2 N–H and O–H groups in total. The molecule has 148 valence electrons. The van der Waals surface area contributed by atoms with Crippen molar-refractivity contribution in [2.75, 3.05) is 5.32 Å². The summed E-state index contributed by atoms with van der Waals surface area (Å²) in [5, 5.41) is 14.5. The van der Waals surface area contributed by atoms with E-state index in [1.165, 1.54) is 0 Å². The van der Waals surface area contributed by atoms with E-state index in [-0.39, 0.29) is 12.0 Å². The van der Waals surface area contributed by atoms with Crippen LogP contribution in [-0.2, 0) is 9.53 Å². The van der Waals surface area contributed by atoms with Crippen LogP contribution in [0.15, 0.2) is 96.6 Å². The van der Waals surface area contributed by atoms with Crippen LogP contribution in [0.4, 0.5) is 5.69 Å². The molecule has 2 aliphatic rings. The first-order valence-electron chi connectivity index (χ1n) is 10.0.